The molecular weight excluding hydrogens is 354 g/mol. The third-order valence-electron chi connectivity index (χ3n) is 5.60. The Hall–Kier alpha value is -2.83. The van der Waals surface area contributed by atoms with Crippen LogP contribution in [-0.4, -0.2) is 65.2 Å². The Morgan fingerprint density at radius 1 is 0.964 bits per heavy atom. The maximum absolute atomic E-state index is 13.0. The number of phenols is 1. The first kappa shape index (κ1) is 18.5. The fourth-order valence-electron chi connectivity index (χ4n) is 4.10. The van der Waals surface area contributed by atoms with E-state index in [1.54, 1.807) is 12.1 Å². The highest BCUT2D eigenvalue weighted by atomic mass is 16.3. The van der Waals surface area contributed by atoms with E-state index >= 15 is 0 Å². The summed E-state index contributed by atoms with van der Waals surface area (Å²) in [7, 11) is 0. The Kier molecular flexibility index (Phi) is 5.07. The lowest BCUT2D eigenvalue weighted by Gasteiger charge is -2.37. The maximum atomic E-state index is 13.0. The van der Waals surface area contributed by atoms with Crippen molar-refractivity contribution in [2.24, 2.45) is 5.92 Å². The van der Waals surface area contributed by atoms with Crippen molar-refractivity contribution in [3.05, 3.63) is 41.7 Å². The Morgan fingerprint density at radius 3 is 2.25 bits per heavy atom. The molecule has 1 N–H and O–H groups in total. The van der Waals surface area contributed by atoms with Gasteiger partial charge in [-0.3, -0.25) is 4.79 Å². The van der Waals surface area contributed by atoms with Crippen LogP contribution in [0, 0.1) is 19.8 Å². The average molecular weight is 381 g/mol. The molecule has 28 heavy (non-hydrogen) atoms. The molecule has 2 aliphatic heterocycles. The van der Waals surface area contributed by atoms with Gasteiger partial charge in [-0.15, -0.1) is 0 Å². The second-order valence-electron chi connectivity index (χ2n) is 7.71. The van der Waals surface area contributed by atoms with Gasteiger partial charge in [0, 0.05) is 56.3 Å². The number of aromatic nitrogens is 2. The molecule has 2 aromatic rings. The monoisotopic (exact) mass is 381 g/mol. The highest BCUT2D eigenvalue weighted by Crippen LogP contribution is 2.25. The molecule has 2 saturated heterocycles. The van der Waals surface area contributed by atoms with E-state index < -0.39 is 0 Å². The highest BCUT2D eigenvalue weighted by molar-refractivity contribution is 5.80. The first-order chi connectivity index (χ1) is 13.5. The Balaban J connectivity index is 1.34. The lowest BCUT2D eigenvalue weighted by atomic mass is 10.1. The second-order valence-corrected chi connectivity index (χ2v) is 7.71. The zero-order valence-electron chi connectivity index (χ0n) is 16.5. The third kappa shape index (κ3) is 3.88. The highest BCUT2D eigenvalue weighted by Gasteiger charge is 2.34. The van der Waals surface area contributed by atoms with Crippen LogP contribution >= 0.6 is 0 Å². The van der Waals surface area contributed by atoms with Gasteiger partial charge in [-0.25, -0.2) is 9.97 Å². The molecule has 148 valence electrons. The standard InChI is InChI=1S/C21H27N5O2/c1-15-13-16(2)23-21(22-15)26-8-7-17(14-26)20(28)25-11-9-24(10-12-25)18-3-5-19(27)6-4-18/h3-6,13,17,27H,7-12,14H2,1-2H3. The minimum Gasteiger partial charge on any atom is -0.508 e. The summed E-state index contributed by atoms with van der Waals surface area (Å²) in [6.07, 6.45) is 0.855. The van der Waals surface area contributed by atoms with Crippen LogP contribution in [-0.2, 0) is 4.79 Å². The summed E-state index contributed by atoms with van der Waals surface area (Å²) < 4.78 is 0. The number of rotatable bonds is 3. The number of anilines is 2. The molecule has 0 spiro atoms. The molecule has 4 rings (SSSR count). The van der Waals surface area contributed by atoms with Crippen LogP contribution in [0.1, 0.15) is 17.8 Å². The number of hydrogen-bond acceptors (Lipinski definition) is 6. The summed E-state index contributed by atoms with van der Waals surface area (Å²) in [5.41, 5.74) is 3.01. The maximum Gasteiger partial charge on any atom is 0.227 e. The molecule has 1 aromatic heterocycles. The number of benzene rings is 1. The topological polar surface area (TPSA) is 72.8 Å². The third-order valence-corrected chi connectivity index (χ3v) is 5.60. The van der Waals surface area contributed by atoms with Gasteiger partial charge in [0.2, 0.25) is 11.9 Å². The van der Waals surface area contributed by atoms with E-state index in [-0.39, 0.29) is 17.6 Å². The molecule has 1 atom stereocenters. The summed E-state index contributed by atoms with van der Waals surface area (Å²) in [5.74, 6) is 1.28. The number of amides is 1. The minimum atomic E-state index is 0.0182. The zero-order valence-corrected chi connectivity index (χ0v) is 16.5. The smallest absolute Gasteiger partial charge is 0.227 e. The van der Waals surface area contributed by atoms with E-state index in [0.29, 0.717) is 6.54 Å². The Bertz CT molecular complexity index is 826. The molecule has 3 heterocycles. The van der Waals surface area contributed by atoms with Gasteiger partial charge in [-0.05, 0) is 50.6 Å². The van der Waals surface area contributed by atoms with Crippen LogP contribution in [0.15, 0.2) is 30.3 Å². The number of piperazine rings is 1. The molecule has 7 heteroatoms. The molecule has 7 nitrogen and oxygen atoms in total. The summed E-state index contributed by atoms with van der Waals surface area (Å²) in [4.78, 5) is 28.5. The molecule has 2 aliphatic rings. The summed E-state index contributed by atoms with van der Waals surface area (Å²) in [5, 5.41) is 9.44. The van der Waals surface area contributed by atoms with Gasteiger partial charge >= 0.3 is 0 Å². The molecule has 2 fully saturated rings. The van der Waals surface area contributed by atoms with Crippen molar-refractivity contribution in [2.75, 3.05) is 49.1 Å². The Morgan fingerprint density at radius 2 is 1.61 bits per heavy atom. The number of aryl methyl sites for hydroxylation is 2. The second kappa shape index (κ2) is 7.66. The van der Waals surface area contributed by atoms with E-state index in [2.05, 4.69) is 19.8 Å². The first-order valence-corrected chi connectivity index (χ1v) is 9.89. The van der Waals surface area contributed by atoms with Crippen LogP contribution in [0.2, 0.25) is 0 Å². The minimum absolute atomic E-state index is 0.0182. The van der Waals surface area contributed by atoms with Crippen LogP contribution < -0.4 is 9.80 Å². The summed E-state index contributed by atoms with van der Waals surface area (Å²) >= 11 is 0. The van der Waals surface area contributed by atoms with Gasteiger partial charge in [-0.1, -0.05) is 0 Å². The number of phenolic OH excluding ortho intramolecular Hbond substituents is 1. The normalized spacial score (nSPS) is 19.9. The molecule has 1 unspecified atom stereocenters. The SMILES string of the molecule is Cc1cc(C)nc(N2CCC(C(=O)N3CCN(c4ccc(O)cc4)CC3)C2)n1. The van der Waals surface area contributed by atoms with Crippen LogP contribution in [0.5, 0.6) is 5.75 Å². The largest absolute Gasteiger partial charge is 0.508 e. The van der Waals surface area contributed by atoms with Gasteiger partial charge < -0.3 is 19.8 Å². The number of carbonyl (C=O) groups excluding carboxylic acids is 1. The van der Waals surface area contributed by atoms with Crippen molar-refractivity contribution >= 4 is 17.5 Å². The predicted molar refractivity (Wildman–Crippen MR) is 109 cm³/mol. The van der Waals surface area contributed by atoms with Gasteiger partial charge in [0.1, 0.15) is 5.75 Å². The zero-order chi connectivity index (χ0) is 19.7. The Labute approximate surface area is 165 Å². The number of carbonyl (C=O) groups is 1. The number of aromatic hydroxyl groups is 1. The van der Waals surface area contributed by atoms with E-state index in [0.717, 1.165) is 62.2 Å². The van der Waals surface area contributed by atoms with Crippen molar-refractivity contribution in [3.63, 3.8) is 0 Å². The van der Waals surface area contributed by atoms with Crippen molar-refractivity contribution in [1.29, 1.82) is 0 Å². The average Bonchev–Trinajstić information content (AvgIpc) is 3.18. The van der Waals surface area contributed by atoms with Crippen molar-refractivity contribution < 1.29 is 9.90 Å². The van der Waals surface area contributed by atoms with E-state index in [1.165, 1.54) is 0 Å². The molecule has 1 amide bonds. The molecule has 0 aliphatic carbocycles. The number of hydrogen-bond donors (Lipinski definition) is 1. The van der Waals surface area contributed by atoms with Crippen LogP contribution in [0.3, 0.4) is 0 Å². The fraction of sp³-hybridized carbons (Fsp3) is 0.476. The van der Waals surface area contributed by atoms with Crippen molar-refractivity contribution in [3.8, 4) is 5.75 Å². The van der Waals surface area contributed by atoms with Gasteiger partial charge in [0.15, 0.2) is 0 Å². The molecule has 0 bridgehead atoms. The van der Waals surface area contributed by atoms with Gasteiger partial charge in [0.05, 0.1) is 5.92 Å². The summed E-state index contributed by atoms with van der Waals surface area (Å²) in [6, 6.07) is 9.22. The fourth-order valence-corrected chi connectivity index (χ4v) is 4.10. The number of nitrogens with zero attached hydrogens (tertiary/aromatic N) is 5. The van der Waals surface area contributed by atoms with Gasteiger partial charge in [0.25, 0.3) is 0 Å². The van der Waals surface area contributed by atoms with E-state index in [4.69, 9.17) is 0 Å². The van der Waals surface area contributed by atoms with Crippen molar-refractivity contribution in [2.45, 2.75) is 20.3 Å². The molecule has 1 aromatic carbocycles. The summed E-state index contributed by atoms with van der Waals surface area (Å²) in [6.45, 7) is 8.56. The predicted octanol–water partition coefficient (Wildman–Crippen LogP) is 1.97. The first-order valence-electron chi connectivity index (χ1n) is 9.89. The molecule has 0 saturated carbocycles. The van der Waals surface area contributed by atoms with Crippen molar-refractivity contribution in [1.82, 2.24) is 14.9 Å². The molecule has 0 radical (unpaired) electrons. The van der Waals surface area contributed by atoms with Crippen LogP contribution in [0.25, 0.3) is 0 Å². The quantitative estimate of drug-likeness (QED) is 0.876. The van der Waals surface area contributed by atoms with Crippen LogP contribution in [0.4, 0.5) is 11.6 Å². The lowest BCUT2D eigenvalue weighted by molar-refractivity contribution is -0.135. The lowest BCUT2D eigenvalue weighted by Crippen LogP contribution is -2.50. The van der Waals surface area contributed by atoms with E-state index in [9.17, 15) is 9.90 Å². The van der Waals surface area contributed by atoms with Gasteiger partial charge in [-0.2, -0.15) is 0 Å². The van der Waals surface area contributed by atoms with E-state index in [1.807, 2.05) is 36.9 Å². The molecular formula is C21H27N5O2.